The summed E-state index contributed by atoms with van der Waals surface area (Å²) in [6, 6.07) is 1.74. The van der Waals surface area contributed by atoms with E-state index in [1.165, 1.54) is 0 Å². The van der Waals surface area contributed by atoms with E-state index in [2.05, 4.69) is 9.97 Å². The fraction of sp³-hybridized carbons (Fsp3) is 0.500. The van der Waals surface area contributed by atoms with Crippen LogP contribution in [-0.2, 0) is 22.1 Å². The molecule has 0 aromatic carbocycles. The Morgan fingerprint density at radius 2 is 2.07 bits per heavy atom. The summed E-state index contributed by atoms with van der Waals surface area (Å²) < 4.78 is 22.0. The lowest BCUT2D eigenvalue weighted by molar-refractivity contribution is 0.599. The highest BCUT2D eigenvalue weighted by molar-refractivity contribution is 7.89. The molecule has 0 aliphatic heterocycles. The summed E-state index contributed by atoms with van der Waals surface area (Å²) in [4.78, 5) is 8.04. The van der Waals surface area contributed by atoms with E-state index in [1.807, 2.05) is 0 Å². The summed E-state index contributed by atoms with van der Waals surface area (Å²) >= 11 is 0. The van der Waals surface area contributed by atoms with E-state index in [9.17, 15) is 8.42 Å². The third-order valence-electron chi connectivity index (χ3n) is 1.55. The van der Waals surface area contributed by atoms with E-state index in [0.717, 1.165) is 11.9 Å². The zero-order chi connectivity index (χ0) is 10.8. The Bertz CT molecular complexity index is 428. The van der Waals surface area contributed by atoms with E-state index < -0.39 is 9.84 Å². The monoisotopic (exact) mass is 215 g/mol. The van der Waals surface area contributed by atoms with Gasteiger partial charge in [-0.15, -0.1) is 0 Å². The van der Waals surface area contributed by atoms with E-state index in [-0.39, 0.29) is 5.75 Å². The predicted octanol–water partition coefficient (Wildman–Crippen LogP) is -0.212. The summed E-state index contributed by atoms with van der Waals surface area (Å²) in [7, 11) is -3.08. The quantitative estimate of drug-likeness (QED) is 0.754. The van der Waals surface area contributed by atoms with E-state index in [1.54, 1.807) is 13.0 Å². The molecule has 0 unspecified atom stereocenters. The maximum atomic E-state index is 11.0. The second-order valence-corrected chi connectivity index (χ2v) is 5.33. The minimum atomic E-state index is -3.08. The summed E-state index contributed by atoms with van der Waals surface area (Å²) in [6.45, 7) is 2.08. The molecule has 0 atom stereocenters. The second kappa shape index (κ2) is 4.02. The van der Waals surface area contributed by atoms with Crippen molar-refractivity contribution in [3.8, 4) is 0 Å². The number of hydrogen-bond donors (Lipinski definition) is 1. The van der Waals surface area contributed by atoms with E-state index in [0.29, 0.717) is 18.1 Å². The molecule has 1 aromatic heterocycles. The van der Waals surface area contributed by atoms with Crippen LogP contribution < -0.4 is 5.73 Å². The van der Waals surface area contributed by atoms with Crippen molar-refractivity contribution in [1.82, 2.24) is 9.97 Å². The zero-order valence-electron chi connectivity index (χ0n) is 8.19. The highest BCUT2D eigenvalue weighted by Crippen LogP contribution is 2.03. The van der Waals surface area contributed by atoms with Crippen molar-refractivity contribution in [2.24, 2.45) is 5.73 Å². The van der Waals surface area contributed by atoms with Crippen molar-refractivity contribution in [3.63, 3.8) is 0 Å². The number of aryl methyl sites for hydroxylation is 1. The van der Waals surface area contributed by atoms with Crippen molar-refractivity contribution in [2.75, 3.05) is 6.26 Å². The summed E-state index contributed by atoms with van der Waals surface area (Å²) in [5.74, 6) is 0.176. The molecule has 14 heavy (non-hydrogen) atoms. The molecule has 0 aliphatic carbocycles. The smallest absolute Gasteiger partial charge is 0.154 e. The lowest BCUT2D eigenvalue weighted by atomic mass is 10.3. The maximum absolute atomic E-state index is 11.0. The van der Waals surface area contributed by atoms with Gasteiger partial charge in [-0.1, -0.05) is 0 Å². The summed E-state index contributed by atoms with van der Waals surface area (Å²) in [6.07, 6.45) is 1.15. The van der Waals surface area contributed by atoms with Crippen molar-refractivity contribution < 1.29 is 8.42 Å². The van der Waals surface area contributed by atoms with Gasteiger partial charge in [0.1, 0.15) is 11.6 Å². The first-order valence-electron chi connectivity index (χ1n) is 4.12. The first-order valence-corrected chi connectivity index (χ1v) is 6.18. The first-order chi connectivity index (χ1) is 6.40. The summed E-state index contributed by atoms with van der Waals surface area (Å²) in [5, 5.41) is 0. The van der Waals surface area contributed by atoms with Crippen molar-refractivity contribution >= 4 is 9.84 Å². The third kappa shape index (κ3) is 3.39. The van der Waals surface area contributed by atoms with Crippen LogP contribution in [0.4, 0.5) is 0 Å². The number of sulfone groups is 1. The lowest BCUT2D eigenvalue weighted by Gasteiger charge is -2.02. The van der Waals surface area contributed by atoms with Crippen LogP contribution >= 0.6 is 0 Å². The number of aromatic nitrogens is 2. The van der Waals surface area contributed by atoms with Gasteiger partial charge in [-0.25, -0.2) is 18.4 Å². The average Bonchev–Trinajstić information content (AvgIpc) is 1.99. The Morgan fingerprint density at radius 1 is 1.43 bits per heavy atom. The normalized spacial score (nSPS) is 11.6. The number of nitrogens with two attached hydrogens (primary N) is 1. The molecule has 0 amide bonds. The Hall–Kier alpha value is -1.01. The highest BCUT2D eigenvalue weighted by atomic mass is 32.2. The van der Waals surface area contributed by atoms with Gasteiger partial charge in [-0.05, 0) is 13.0 Å². The number of hydrogen-bond acceptors (Lipinski definition) is 5. The molecule has 0 aliphatic rings. The van der Waals surface area contributed by atoms with Gasteiger partial charge in [-0.3, -0.25) is 0 Å². The Labute approximate surface area is 83.3 Å². The Morgan fingerprint density at radius 3 is 2.57 bits per heavy atom. The molecule has 6 heteroatoms. The molecular weight excluding hydrogens is 202 g/mol. The van der Waals surface area contributed by atoms with Crippen LogP contribution in [0.25, 0.3) is 0 Å². The van der Waals surface area contributed by atoms with Gasteiger partial charge in [-0.2, -0.15) is 0 Å². The standard InChI is InChI=1S/C8H13N3O2S/c1-6-3-7(4-9)11-8(10-6)5-14(2,12)13/h3H,4-5,9H2,1-2H3. The molecule has 1 heterocycles. The molecule has 0 saturated heterocycles. The first kappa shape index (κ1) is 11.1. The molecule has 2 N–H and O–H groups in total. The van der Waals surface area contributed by atoms with Gasteiger partial charge in [0.05, 0.1) is 5.69 Å². The second-order valence-electron chi connectivity index (χ2n) is 3.19. The number of nitrogens with zero attached hydrogens (tertiary/aromatic N) is 2. The van der Waals surface area contributed by atoms with Crippen LogP contribution in [0.2, 0.25) is 0 Å². The largest absolute Gasteiger partial charge is 0.325 e. The van der Waals surface area contributed by atoms with Crippen LogP contribution in [0.3, 0.4) is 0 Å². The molecule has 0 bridgehead atoms. The molecule has 5 nitrogen and oxygen atoms in total. The Kier molecular flexibility index (Phi) is 3.17. The van der Waals surface area contributed by atoms with Gasteiger partial charge in [0, 0.05) is 18.5 Å². The van der Waals surface area contributed by atoms with Gasteiger partial charge in [0.15, 0.2) is 9.84 Å². The van der Waals surface area contributed by atoms with E-state index in [4.69, 9.17) is 5.73 Å². The zero-order valence-corrected chi connectivity index (χ0v) is 9.00. The van der Waals surface area contributed by atoms with Gasteiger partial charge in [0.25, 0.3) is 0 Å². The van der Waals surface area contributed by atoms with Crippen LogP contribution in [0, 0.1) is 6.92 Å². The fourth-order valence-electron chi connectivity index (χ4n) is 1.10. The van der Waals surface area contributed by atoms with Crippen LogP contribution in [0.5, 0.6) is 0 Å². The van der Waals surface area contributed by atoms with E-state index >= 15 is 0 Å². The Balaban J connectivity index is 3.04. The number of rotatable bonds is 3. The van der Waals surface area contributed by atoms with Crippen molar-refractivity contribution in [2.45, 2.75) is 19.2 Å². The van der Waals surface area contributed by atoms with Crippen LogP contribution in [0.1, 0.15) is 17.2 Å². The van der Waals surface area contributed by atoms with Gasteiger partial charge < -0.3 is 5.73 Å². The topological polar surface area (TPSA) is 85.9 Å². The fourth-order valence-corrected chi connectivity index (χ4v) is 1.70. The molecule has 0 fully saturated rings. The minimum absolute atomic E-state index is 0.137. The molecule has 0 saturated carbocycles. The van der Waals surface area contributed by atoms with Crippen molar-refractivity contribution in [3.05, 3.63) is 23.3 Å². The lowest BCUT2D eigenvalue weighted by Crippen LogP contribution is -2.09. The molecule has 0 spiro atoms. The van der Waals surface area contributed by atoms with Crippen LogP contribution in [0.15, 0.2) is 6.07 Å². The molecule has 1 rings (SSSR count). The summed E-state index contributed by atoms with van der Waals surface area (Å²) in [5.41, 5.74) is 6.81. The predicted molar refractivity (Wildman–Crippen MR) is 53.2 cm³/mol. The molecule has 78 valence electrons. The maximum Gasteiger partial charge on any atom is 0.154 e. The van der Waals surface area contributed by atoms with Crippen LogP contribution in [-0.4, -0.2) is 24.6 Å². The van der Waals surface area contributed by atoms with Crippen molar-refractivity contribution in [1.29, 1.82) is 0 Å². The average molecular weight is 215 g/mol. The van der Waals surface area contributed by atoms with Gasteiger partial charge >= 0.3 is 0 Å². The minimum Gasteiger partial charge on any atom is -0.325 e. The third-order valence-corrected chi connectivity index (χ3v) is 2.34. The highest BCUT2D eigenvalue weighted by Gasteiger charge is 2.08. The van der Waals surface area contributed by atoms with Gasteiger partial charge in [0.2, 0.25) is 0 Å². The molecule has 1 aromatic rings. The SMILES string of the molecule is Cc1cc(CN)nc(CS(C)(=O)=O)n1. The molecular formula is C8H13N3O2S. The molecule has 0 radical (unpaired) electrons.